The van der Waals surface area contributed by atoms with Crippen molar-refractivity contribution in [3.8, 4) is 11.3 Å². The average Bonchev–Trinajstić information content (AvgIpc) is 2.70. The quantitative estimate of drug-likeness (QED) is 0.842. The first-order valence-corrected chi connectivity index (χ1v) is 9.46. The minimum absolute atomic E-state index is 0.331. The molecular formula is C20H25FN4O. The van der Waals surface area contributed by atoms with Crippen molar-refractivity contribution in [3.63, 3.8) is 0 Å². The molecular weight excluding hydrogens is 331 g/mol. The Morgan fingerprint density at radius 1 is 1.04 bits per heavy atom. The second kappa shape index (κ2) is 8.10. The van der Waals surface area contributed by atoms with Gasteiger partial charge >= 0.3 is 0 Å². The molecule has 1 aromatic carbocycles. The number of aromatic nitrogens is 2. The van der Waals surface area contributed by atoms with E-state index in [9.17, 15) is 0 Å². The monoisotopic (exact) mass is 356 g/mol. The van der Waals surface area contributed by atoms with Crippen molar-refractivity contribution >= 4 is 5.82 Å². The van der Waals surface area contributed by atoms with Crippen LogP contribution in [0.1, 0.15) is 19.3 Å². The molecule has 2 aromatic rings. The molecule has 0 spiro atoms. The fourth-order valence-electron chi connectivity index (χ4n) is 3.76. The standard InChI is InChI=1S/C20H25FN4O/c21-18-19(16-6-2-1-3-7-16)22-15-23-20(18)25-11-9-24(10-12-25)14-17-8-4-5-13-26-17/h1-3,6-7,15,17H,4-5,8-14H2. The predicted molar refractivity (Wildman–Crippen MR) is 99.7 cm³/mol. The highest BCUT2D eigenvalue weighted by molar-refractivity contribution is 5.63. The van der Waals surface area contributed by atoms with Gasteiger partial charge in [-0.1, -0.05) is 30.3 Å². The first kappa shape index (κ1) is 17.4. The maximum absolute atomic E-state index is 15.0. The van der Waals surface area contributed by atoms with Gasteiger partial charge in [0.05, 0.1) is 6.10 Å². The Morgan fingerprint density at radius 3 is 2.58 bits per heavy atom. The van der Waals surface area contributed by atoms with Crippen LogP contribution in [0.3, 0.4) is 0 Å². The maximum Gasteiger partial charge on any atom is 0.191 e. The van der Waals surface area contributed by atoms with Gasteiger partial charge in [0.15, 0.2) is 11.6 Å². The maximum atomic E-state index is 15.0. The molecule has 6 heteroatoms. The summed E-state index contributed by atoms with van der Waals surface area (Å²) in [5.41, 5.74) is 1.15. The highest BCUT2D eigenvalue weighted by Crippen LogP contribution is 2.26. The minimum atomic E-state index is -0.331. The van der Waals surface area contributed by atoms with E-state index >= 15 is 4.39 Å². The molecule has 2 saturated heterocycles. The van der Waals surface area contributed by atoms with Gasteiger partial charge in [-0.2, -0.15) is 0 Å². The molecule has 138 valence electrons. The number of piperazine rings is 1. The first-order chi connectivity index (χ1) is 12.8. The largest absolute Gasteiger partial charge is 0.377 e. The van der Waals surface area contributed by atoms with Crippen LogP contribution >= 0.6 is 0 Å². The van der Waals surface area contributed by atoms with Gasteiger partial charge < -0.3 is 9.64 Å². The molecule has 1 unspecified atom stereocenters. The van der Waals surface area contributed by atoms with E-state index in [0.717, 1.165) is 51.3 Å². The van der Waals surface area contributed by atoms with Crippen molar-refractivity contribution in [1.29, 1.82) is 0 Å². The van der Waals surface area contributed by atoms with Gasteiger partial charge in [0, 0.05) is 44.9 Å². The summed E-state index contributed by atoms with van der Waals surface area (Å²) in [4.78, 5) is 12.8. The van der Waals surface area contributed by atoms with Gasteiger partial charge in [0.2, 0.25) is 0 Å². The van der Waals surface area contributed by atoms with E-state index < -0.39 is 0 Å². The third kappa shape index (κ3) is 3.86. The van der Waals surface area contributed by atoms with Crippen LogP contribution in [0.25, 0.3) is 11.3 Å². The Morgan fingerprint density at radius 2 is 1.85 bits per heavy atom. The first-order valence-electron chi connectivity index (χ1n) is 9.46. The van der Waals surface area contributed by atoms with E-state index in [1.165, 1.54) is 19.2 Å². The van der Waals surface area contributed by atoms with Gasteiger partial charge in [0.1, 0.15) is 12.0 Å². The molecule has 2 fully saturated rings. The van der Waals surface area contributed by atoms with E-state index in [0.29, 0.717) is 17.6 Å². The molecule has 26 heavy (non-hydrogen) atoms. The third-order valence-electron chi connectivity index (χ3n) is 5.23. The van der Waals surface area contributed by atoms with Crippen molar-refractivity contribution in [2.24, 2.45) is 0 Å². The minimum Gasteiger partial charge on any atom is -0.377 e. The van der Waals surface area contributed by atoms with E-state index in [1.54, 1.807) is 0 Å². The number of halogens is 1. The van der Waals surface area contributed by atoms with Crippen molar-refractivity contribution in [1.82, 2.24) is 14.9 Å². The average molecular weight is 356 g/mol. The molecule has 3 heterocycles. The number of nitrogens with zero attached hydrogens (tertiary/aromatic N) is 4. The van der Waals surface area contributed by atoms with Crippen molar-refractivity contribution in [2.45, 2.75) is 25.4 Å². The third-order valence-corrected chi connectivity index (χ3v) is 5.23. The molecule has 5 nitrogen and oxygen atoms in total. The van der Waals surface area contributed by atoms with E-state index in [4.69, 9.17) is 4.74 Å². The molecule has 0 amide bonds. The fraction of sp³-hybridized carbons (Fsp3) is 0.500. The molecule has 2 aliphatic heterocycles. The van der Waals surface area contributed by atoms with E-state index in [1.807, 2.05) is 35.2 Å². The summed E-state index contributed by atoms with van der Waals surface area (Å²) >= 11 is 0. The molecule has 1 atom stereocenters. The van der Waals surface area contributed by atoms with Crippen LogP contribution in [0.2, 0.25) is 0 Å². The lowest BCUT2D eigenvalue weighted by atomic mass is 10.1. The number of rotatable bonds is 4. The Bertz CT molecular complexity index is 713. The highest BCUT2D eigenvalue weighted by Gasteiger charge is 2.25. The Hall–Kier alpha value is -2.05. The lowest BCUT2D eigenvalue weighted by Gasteiger charge is -2.37. The Labute approximate surface area is 153 Å². The molecule has 0 radical (unpaired) electrons. The molecule has 1 aromatic heterocycles. The van der Waals surface area contributed by atoms with Crippen LogP contribution in [-0.2, 0) is 4.74 Å². The van der Waals surface area contributed by atoms with Gasteiger partial charge in [-0.25, -0.2) is 14.4 Å². The highest BCUT2D eigenvalue weighted by atomic mass is 19.1. The summed E-state index contributed by atoms with van der Waals surface area (Å²) in [5.74, 6) is 0.0789. The van der Waals surface area contributed by atoms with Crippen LogP contribution in [-0.4, -0.2) is 60.3 Å². The van der Waals surface area contributed by atoms with Gasteiger partial charge in [-0.15, -0.1) is 0 Å². The summed E-state index contributed by atoms with van der Waals surface area (Å²) in [6.45, 7) is 5.23. The summed E-state index contributed by atoms with van der Waals surface area (Å²) in [6.07, 6.45) is 5.42. The molecule has 0 bridgehead atoms. The van der Waals surface area contributed by atoms with Crippen molar-refractivity contribution < 1.29 is 9.13 Å². The zero-order valence-corrected chi connectivity index (χ0v) is 15.0. The number of hydrogen-bond acceptors (Lipinski definition) is 5. The van der Waals surface area contributed by atoms with Gasteiger partial charge in [-0.3, -0.25) is 4.90 Å². The lowest BCUT2D eigenvalue weighted by Crippen LogP contribution is -2.49. The summed E-state index contributed by atoms with van der Waals surface area (Å²) in [5, 5.41) is 0. The normalized spacial score (nSPS) is 21.7. The number of ether oxygens (including phenoxy) is 1. The lowest BCUT2D eigenvalue weighted by molar-refractivity contribution is -0.00648. The summed E-state index contributed by atoms with van der Waals surface area (Å²) < 4.78 is 20.9. The van der Waals surface area contributed by atoms with Crippen LogP contribution in [0, 0.1) is 5.82 Å². The van der Waals surface area contributed by atoms with Crippen LogP contribution < -0.4 is 4.90 Å². The zero-order chi connectivity index (χ0) is 17.8. The SMILES string of the molecule is Fc1c(-c2ccccc2)ncnc1N1CCN(CC2CCCCO2)CC1. The molecule has 0 aliphatic carbocycles. The molecule has 4 rings (SSSR count). The van der Waals surface area contributed by atoms with Gasteiger partial charge in [-0.05, 0) is 19.3 Å². The van der Waals surface area contributed by atoms with Crippen molar-refractivity contribution in [2.75, 3.05) is 44.2 Å². The van der Waals surface area contributed by atoms with Crippen LogP contribution in [0.5, 0.6) is 0 Å². The summed E-state index contributed by atoms with van der Waals surface area (Å²) in [7, 11) is 0. The zero-order valence-electron chi connectivity index (χ0n) is 15.0. The second-order valence-electron chi connectivity index (χ2n) is 7.00. The second-order valence-corrected chi connectivity index (χ2v) is 7.00. The van der Waals surface area contributed by atoms with Crippen LogP contribution in [0.15, 0.2) is 36.7 Å². The number of hydrogen-bond donors (Lipinski definition) is 0. The molecule has 0 saturated carbocycles. The fourth-order valence-corrected chi connectivity index (χ4v) is 3.76. The Kier molecular flexibility index (Phi) is 5.41. The molecule has 0 N–H and O–H groups in total. The predicted octanol–water partition coefficient (Wildman–Crippen LogP) is 2.97. The van der Waals surface area contributed by atoms with Crippen molar-refractivity contribution in [3.05, 3.63) is 42.5 Å². The number of anilines is 1. The van der Waals surface area contributed by atoms with Crippen LogP contribution in [0.4, 0.5) is 10.2 Å². The Balaban J connectivity index is 1.41. The molecule has 2 aliphatic rings. The summed E-state index contributed by atoms with van der Waals surface area (Å²) in [6, 6.07) is 9.44. The van der Waals surface area contributed by atoms with Gasteiger partial charge in [0.25, 0.3) is 0 Å². The topological polar surface area (TPSA) is 41.5 Å². The van der Waals surface area contributed by atoms with E-state index in [-0.39, 0.29) is 5.82 Å². The smallest absolute Gasteiger partial charge is 0.191 e. The van der Waals surface area contributed by atoms with E-state index in [2.05, 4.69) is 14.9 Å². The number of benzene rings is 1.